The van der Waals surface area contributed by atoms with Crippen molar-refractivity contribution in [3.63, 3.8) is 0 Å². The number of hydrogen-bond donors (Lipinski definition) is 2. The van der Waals surface area contributed by atoms with Crippen LogP contribution in [0.4, 0.5) is 37.7 Å². The van der Waals surface area contributed by atoms with Crippen LogP contribution in [0.1, 0.15) is 0 Å². The van der Waals surface area contributed by atoms with Crippen LogP contribution >= 0.6 is 0 Å². The topological polar surface area (TPSA) is 42.5 Å². The van der Waals surface area contributed by atoms with E-state index in [0.717, 1.165) is 0 Å². The molecule has 0 aromatic heterocycles. The van der Waals surface area contributed by atoms with E-state index in [0.29, 0.717) is 11.1 Å². The fourth-order valence-electron chi connectivity index (χ4n) is 3.42. The fraction of sp³-hybridized carbons (Fsp3) is 0.0769. The van der Waals surface area contributed by atoms with Gasteiger partial charge in [-0.1, -0.05) is 60.7 Å². The maximum Gasteiger partial charge on any atom is 0.482 e. The summed E-state index contributed by atoms with van der Waals surface area (Å²) in [6.07, 6.45) is -9.34. The Morgan fingerprint density at radius 3 is 1.08 bits per heavy atom. The van der Waals surface area contributed by atoms with Gasteiger partial charge in [-0.15, -0.1) is 0 Å². The predicted octanol–water partition coefficient (Wildman–Crippen LogP) is 8.80. The molecule has 4 nitrogen and oxygen atoms in total. The highest BCUT2D eigenvalue weighted by Gasteiger charge is 2.29. The lowest BCUT2D eigenvalue weighted by atomic mass is 10.0. The summed E-state index contributed by atoms with van der Waals surface area (Å²) in [7, 11) is 0. The summed E-state index contributed by atoms with van der Waals surface area (Å²) in [5.74, 6) is 0.291. The molecule has 0 aliphatic carbocycles. The second-order valence-electron chi connectivity index (χ2n) is 7.43. The molecule has 10 heteroatoms. The van der Waals surface area contributed by atoms with Crippen molar-refractivity contribution in [1.29, 1.82) is 0 Å². The maximum atomic E-state index is 12.9. The first kappa shape index (κ1) is 24.8. The van der Waals surface area contributed by atoms with E-state index in [2.05, 4.69) is 0 Å². The van der Waals surface area contributed by atoms with Crippen molar-refractivity contribution in [2.24, 2.45) is 0 Å². The molecule has 186 valence electrons. The van der Waals surface area contributed by atoms with Gasteiger partial charge >= 0.3 is 12.6 Å². The standard InChI is InChI=1S/C26H18F6N2O2/c27-25(28,29)33-19-11-3-7-15-23(19)35-21-13-5-1-9-17(21)18-10-2-6-14-22(18)36-24-16-8-4-12-20(24)34-26(30,31)32/h1-16,33-34H. The largest absolute Gasteiger partial charge is 0.482 e. The van der Waals surface area contributed by atoms with Crippen LogP contribution in [0.3, 0.4) is 0 Å². The minimum Gasteiger partial charge on any atom is -0.455 e. The minimum absolute atomic E-state index is 0.0691. The fourth-order valence-corrected chi connectivity index (χ4v) is 3.42. The smallest absolute Gasteiger partial charge is 0.455 e. The third-order valence-electron chi connectivity index (χ3n) is 4.83. The molecule has 36 heavy (non-hydrogen) atoms. The lowest BCUT2D eigenvalue weighted by Crippen LogP contribution is -2.21. The van der Waals surface area contributed by atoms with Crippen LogP contribution < -0.4 is 20.1 Å². The van der Waals surface area contributed by atoms with Crippen molar-refractivity contribution < 1.29 is 35.8 Å². The van der Waals surface area contributed by atoms with E-state index < -0.39 is 12.6 Å². The summed E-state index contributed by atoms with van der Waals surface area (Å²) in [4.78, 5) is 0. The number of halogens is 6. The quantitative estimate of drug-likeness (QED) is 0.195. The Labute approximate surface area is 202 Å². The lowest BCUT2D eigenvalue weighted by Gasteiger charge is -2.19. The third-order valence-corrected chi connectivity index (χ3v) is 4.83. The van der Waals surface area contributed by atoms with Crippen molar-refractivity contribution in [3.8, 4) is 34.1 Å². The highest BCUT2D eigenvalue weighted by molar-refractivity contribution is 5.77. The molecule has 0 radical (unpaired) electrons. The molecule has 4 aromatic rings. The van der Waals surface area contributed by atoms with Crippen molar-refractivity contribution in [2.75, 3.05) is 10.6 Å². The van der Waals surface area contributed by atoms with Crippen molar-refractivity contribution in [1.82, 2.24) is 0 Å². The van der Waals surface area contributed by atoms with Crippen LogP contribution in [0.2, 0.25) is 0 Å². The van der Waals surface area contributed by atoms with Gasteiger partial charge in [-0.2, -0.15) is 26.3 Å². The van der Waals surface area contributed by atoms with Gasteiger partial charge in [-0.3, -0.25) is 10.6 Å². The molecule has 2 N–H and O–H groups in total. The highest BCUT2D eigenvalue weighted by Crippen LogP contribution is 2.42. The van der Waals surface area contributed by atoms with Crippen LogP contribution in [0.5, 0.6) is 23.0 Å². The Morgan fingerprint density at radius 1 is 0.417 bits per heavy atom. The highest BCUT2D eigenvalue weighted by atomic mass is 19.4. The normalized spacial score (nSPS) is 11.6. The van der Waals surface area contributed by atoms with Gasteiger partial charge in [0.1, 0.15) is 11.5 Å². The summed E-state index contributed by atoms with van der Waals surface area (Å²) in [6.45, 7) is 0. The van der Waals surface area contributed by atoms with E-state index in [1.54, 1.807) is 48.5 Å². The molecule has 0 amide bonds. The molecular weight excluding hydrogens is 486 g/mol. The molecule has 4 rings (SSSR count). The van der Waals surface area contributed by atoms with E-state index in [-0.39, 0.29) is 34.4 Å². The monoisotopic (exact) mass is 504 g/mol. The molecule has 0 heterocycles. The van der Waals surface area contributed by atoms with Crippen molar-refractivity contribution in [3.05, 3.63) is 97.1 Å². The Morgan fingerprint density at radius 2 is 0.722 bits per heavy atom. The third kappa shape index (κ3) is 6.41. The van der Waals surface area contributed by atoms with Crippen LogP contribution in [-0.4, -0.2) is 12.6 Å². The molecule has 0 fully saturated rings. The van der Waals surface area contributed by atoms with Gasteiger partial charge in [-0.25, -0.2) is 0 Å². The summed E-state index contributed by atoms with van der Waals surface area (Å²) < 4.78 is 89.4. The number of anilines is 2. The SMILES string of the molecule is FC(F)(F)Nc1ccccc1Oc1ccccc1-c1ccccc1Oc1ccccc1NC(F)(F)F. The molecule has 0 saturated carbocycles. The summed E-state index contributed by atoms with van der Waals surface area (Å²) in [6, 6.07) is 24.3. The lowest BCUT2D eigenvalue weighted by molar-refractivity contribution is -0.101. The Kier molecular flexibility index (Phi) is 6.96. The van der Waals surface area contributed by atoms with Crippen molar-refractivity contribution in [2.45, 2.75) is 12.6 Å². The number of benzene rings is 4. The number of nitrogens with one attached hydrogen (secondary N) is 2. The van der Waals surface area contributed by atoms with Gasteiger partial charge in [0.05, 0.1) is 11.4 Å². The van der Waals surface area contributed by atoms with Gasteiger partial charge < -0.3 is 9.47 Å². The summed E-state index contributed by atoms with van der Waals surface area (Å²) >= 11 is 0. The van der Waals surface area contributed by atoms with E-state index in [1.165, 1.54) is 59.2 Å². The van der Waals surface area contributed by atoms with Crippen LogP contribution in [0, 0.1) is 0 Å². The number of para-hydroxylation sites is 6. The van der Waals surface area contributed by atoms with Gasteiger partial charge in [0.25, 0.3) is 0 Å². The number of hydrogen-bond acceptors (Lipinski definition) is 4. The Hall–Kier alpha value is -4.34. The second-order valence-corrected chi connectivity index (χ2v) is 7.43. The molecule has 0 bridgehead atoms. The average Bonchev–Trinajstić information content (AvgIpc) is 2.81. The maximum absolute atomic E-state index is 12.9. The zero-order chi connectivity index (χ0) is 25.8. The summed E-state index contributed by atoms with van der Waals surface area (Å²) in [5.41, 5.74) is 0.348. The van der Waals surface area contributed by atoms with Crippen LogP contribution in [0.25, 0.3) is 11.1 Å². The van der Waals surface area contributed by atoms with Crippen LogP contribution in [0.15, 0.2) is 97.1 Å². The average molecular weight is 504 g/mol. The minimum atomic E-state index is -4.67. The molecule has 0 unspecified atom stereocenters. The van der Waals surface area contributed by atoms with Crippen molar-refractivity contribution >= 4 is 11.4 Å². The van der Waals surface area contributed by atoms with E-state index >= 15 is 0 Å². The van der Waals surface area contributed by atoms with Gasteiger partial charge in [0, 0.05) is 11.1 Å². The second kappa shape index (κ2) is 10.1. The van der Waals surface area contributed by atoms with E-state index in [4.69, 9.17) is 9.47 Å². The molecular formula is C26H18F6N2O2. The predicted molar refractivity (Wildman–Crippen MR) is 124 cm³/mol. The Bertz CT molecular complexity index is 1240. The van der Waals surface area contributed by atoms with E-state index in [9.17, 15) is 26.3 Å². The van der Waals surface area contributed by atoms with Gasteiger partial charge in [0.2, 0.25) is 0 Å². The van der Waals surface area contributed by atoms with Gasteiger partial charge in [0.15, 0.2) is 11.5 Å². The number of alkyl halides is 6. The summed E-state index contributed by atoms with van der Waals surface area (Å²) in [5, 5.41) is 2.90. The van der Waals surface area contributed by atoms with E-state index in [1.807, 2.05) is 0 Å². The number of ether oxygens (including phenoxy) is 2. The molecule has 0 atom stereocenters. The van der Waals surface area contributed by atoms with Crippen LogP contribution in [-0.2, 0) is 0 Å². The molecule has 0 spiro atoms. The Balaban J connectivity index is 1.70. The first-order chi connectivity index (χ1) is 17.1. The molecule has 0 saturated heterocycles. The molecule has 0 aliphatic heterocycles. The first-order valence-electron chi connectivity index (χ1n) is 10.5. The first-order valence-corrected chi connectivity index (χ1v) is 10.5. The molecule has 0 aliphatic rings. The zero-order valence-corrected chi connectivity index (χ0v) is 18.3. The van der Waals surface area contributed by atoms with Gasteiger partial charge in [-0.05, 0) is 36.4 Å². The number of rotatable bonds is 7. The molecule has 4 aromatic carbocycles. The zero-order valence-electron chi connectivity index (χ0n) is 18.3.